The van der Waals surface area contributed by atoms with Gasteiger partial charge in [-0.1, -0.05) is 31.5 Å². The predicted octanol–water partition coefficient (Wildman–Crippen LogP) is 2.43. The third-order valence-corrected chi connectivity index (χ3v) is 6.29. The number of rotatable bonds is 7. The molecule has 0 unspecified atom stereocenters. The first-order chi connectivity index (χ1) is 13.3. The molecule has 0 aromatic carbocycles. The Balaban J connectivity index is 1.86. The molecule has 0 atom stereocenters. The molecule has 2 heterocycles. The van der Waals surface area contributed by atoms with Crippen LogP contribution in [-0.2, 0) is 6.54 Å². The van der Waals surface area contributed by atoms with E-state index in [0.29, 0.717) is 19.0 Å². The van der Waals surface area contributed by atoms with Gasteiger partial charge in [0, 0.05) is 18.3 Å². The molecule has 2 aromatic heterocycles. The van der Waals surface area contributed by atoms with Crippen LogP contribution in [0.3, 0.4) is 0 Å². The average molecular weight is 406 g/mol. The van der Waals surface area contributed by atoms with Gasteiger partial charge in [0.05, 0.1) is 11.4 Å². The monoisotopic (exact) mass is 405 g/mol. The predicted molar refractivity (Wildman–Crippen MR) is 110 cm³/mol. The Morgan fingerprint density at radius 3 is 2.61 bits per heavy atom. The van der Waals surface area contributed by atoms with E-state index in [4.69, 9.17) is 5.73 Å². The first kappa shape index (κ1) is 20.4. The lowest BCUT2D eigenvalue weighted by Gasteiger charge is -2.17. The molecule has 1 aliphatic carbocycles. The summed E-state index contributed by atoms with van der Waals surface area (Å²) in [6.45, 7) is 6.26. The molecule has 0 spiro atoms. The zero-order chi connectivity index (χ0) is 20.4. The largest absolute Gasteiger partial charge is 0.384 e. The van der Waals surface area contributed by atoms with Crippen molar-refractivity contribution < 1.29 is 4.79 Å². The number of imidazole rings is 1. The molecule has 8 nitrogen and oxygen atoms in total. The number of anilines is 1. The highest BCUT2D eigenvalue weighted by Gasteiger charge is 2.25. The number of carbonyl (C=O) groups is 1. The Morgan fingerprint density at radius 1 is 1.29 bits per heavy atom. The van der Waals surface area contributed by atoms with E-state index in [1.54, 1.807) is 0 Å². The molecule has 3 N–H and O–H groups in total. The lowest BCUT2D eigenvalue weighted by Crippen LogP contribution is -2.36. The number of ketones is 1. The van der Waals surface area contributed by atoms with Crippen molar-refractivity contribution in [3.05, 3.63) is 37.8 Å². The van der Waals surface area contributed by atoms with Crippen molar-refractivity contribution in [1.29, 1.82) is 0 Å². The second-order valence-corrected chi connectivity index (χ2v) is 8.20. The number of Topliss-reactive ketones (excluding diaryl/α,β-unsaturated/α-hetero) is 1. The van der Waals surface area contributed by atoms with Crippen LogP contribution in [0, 0.1) is 13.8 Å². The molecule has 1 saturated carbocycles. The standard InChI is InChI=1S/C19H27N5O3S/c1-4-9-23-16(20)15(17(26)22-18(23)27)14(25)10-28-19-21-11(2)12(3)24(19)13-7-5-6-8-13/h13H,4-10,20H2,1-3H3,(H,22,26,27). The number of carbonyl (C=O) groups excluding carboxylic acids is 1. The Kier molecular flexibility index (Phi) is 6.12. The number of nitrogen functional groups attached to an aromatic ring is 1. The van der Waals surface area contributed by atoms with Gasteiger partial charge in [0.15, 0.2) is 10.9 Å². The van der Waals surface area contributed by atoms with Crippen molar-refractivity contribution in [1.82, 2.24) is 19.1 Å². The zero-order valence-corrected chi connectivity index (χ0v) is 17.4. The van der Waals surface area contributed by atoms with Gasteiger partial charge in [-0.25, -0.2) is 9.78 Å². The van der Waals surface area contributed by atoms with Crippen molar-refractivity contribution in [3.8, 4) is 0 Å². The molecular formula is C19H27N5O3S. The van der Waals surface area contributed by atoms with Crippen LogP contribution in [0.5, 0.6) is 0 Å². The molecule has 1 aliphatic rings. The van der Waals surface area contributed by atoms with Crippen LogP contribution in [-0.4, -0.2) is 30.6 Å². The third-order valence-electron chi connectivity index (χ3n) is 5.34. The minimum atomic E-state index is -0.730. The molecular weight excluding hydrogens is 378 g/mol. The number of aryl methyl sites for hydroxylation is 1. The summed E-state index contributed by atoms with van der Waals surface area (Å²) in [5.74, 6) is -0.419. The minimum absolute atomic E-state index is 0.0419. The molecule has 0 bridgehead atoms. The van der Waals surface area contributed by atoms with Crippen LogP contribution < -0.4 is 17.0 Å². The topological polar surface area (TPSA) is 116 Å². The molecule has 3 rings (SSSR count). The van der Waals surface area contributed by atoms with Gasteiger partial charge in [-0.15, -0.1) is 0 Å². The van der Waals surface area contributed by atoms with Crippen LogP contribution in [0.1, 0.15) is 66.8 Å². The summed E-state index contributed by atoms with van der Waals surface area (Å²) in [7, 11) is 0. The average Bonchev–Trinajstić information content (AvgIpc) is 3.25. The summed E-state index contributed by atoms with van der Waals surface area (Å²) < 4.78 is 3.47. The van der Waals surface area contributed by atoms with Gasteiger partial charge in [0.1, 0.15) is 11.4 Å². The van der Waals surface area contributed by atoms with Gasteiger partial charge in [-0.2, -0.15) is 0 Å². The highest BCUT2D eigenvalue weighted by atomic mass is 32.2. The summed E-state index contributed by atoms with van der Waals surface area (Å²) in [6.07, 6.45) is 5.31. The lowest BCUT2D eigenvalue weighted by molar-refractivity contribution is 0.102. The fourth-order valence-corrected chi connectivity index (χ4v) is 4.83. The maximum absolute atomic E-state index is 12.8. The van der Waals surface area contributed by atoms with Crippen molar-refractivity contribution >= 4 is 23.4 Å². The molecule has 0 amide bonds. The molecule has 28 heavy (non-hydrogen) atoms. The maximum Gasteiger partial charge on any atom is 0.329 e. The smallest absolute Gasteiger partial charge is 0.329 e. The van der Waals surface area contributed by atoms with Gasteiger partial charge in [0.2, 0.25) is 0 Å². The first-order valence-corrected chi connectivity index (χ1v) is 10.7. The zero-order valence-electron chi connectivity index (χ0n) is 16.6. The second-order valence-electron chi connectivity index (χ2n) is 7.26. The normalized spacial score (nSPS) is 14.7. The van der Waals surface area contributed by atoms with Crippen molar-refractivity contribution in [2.24, 2.45) is 0 Å². The van der Waals surface area contributed by atoms with Crippen LogP contribution in [0.2, 0.25) is 0 Å². The number of nitrogens with two attached hydrogens (primary N) is 1. The first-order valence-electron chi connectivity index (χ1n) is 9.69. The molecule has 0 aliphatic heterocycles. The Morgan fingerprint density at radius 2 is 1.96 bits per heavy atom. The van der Waals surface area contributed by atoms with Gasteiger partial charge < -0.3 is 10.3 Å². The summed E-state index contributed by atoms with van der Waals surface area (Å²) >= 11 is 1.32. The van der Waals surface area contributed by atoms with Crippen LogP contribution in [0.4, 0.5) is 5.82 Å². The van der Waals surface area contributed by atoms with Crippen molar-refractivity contribution in [3.63, 3.8) is 0 Å². The number of hydrogen-bond donors (Lipinski definition) is 2. The van der Waals surface area contributed by atoms with Crippen LogP contribution in [0.15, 0.2) is 14.7 Å². The number of aromatic nitrogens is 4. The van der Waals surface area contributed by atoms with Crippen LogP contribution >= 0.6 is 11.8 Å². The number of hydrogen-bond acceptors (Lipinski definition) is 6. The van der Waals surface area contributed by atoms with Gasteiger partial charge in [0.25, 0.3) is 5.56 Å². The number of H-pyrrole nitrogens is 1. The summed E-state index contributed by atoms with van der Waals surface area (Å²) in [5, 5.41) is 0.798. The summed E-state index contributed by atoms with van der Waals surface area (Å²) in [4.78, 5) is 43.7. The van der Waals surface area contributed by atoms with E-state index in [-0.39, 0.29) is 17.1 Å². The molecule has 1 fully saturated rings. The number of thioether (sulfide) groups is 1. The van der Waals surface area contributed by atoms with E-state index >= 15 is 0 Å². The summed E-state index contributed by atoms with van der Waals surface area (Å²) in [5.41, 5.74) is 6.60. The van der Waals surface area contributed by atoms with Gasteiger partial charge in [-0.3, -0.25) is 19.1 Å². The Bertz CT molecular complexity index is 998. The number of nitrogens with zero attached hydrogens (tertiary/aromatic N) is 3. The van der Waals surface area contributed by atoms with E-state index in [9.17, 15) is 14.4 Å². The van der Waals surface area contributed by atoms with E-state index in [2.05, 4.69) is 21.5 Å². The fraction of sp³-hybridized carbons (Fsp3) is 0.579. The highest BCUT2D eigenvalue weighted by molar-refractivity contribution is 7.99. The Labute approximate surface area is 167 Å². The number of nitrogens with one attached hydrogen (secondary N) is 1. The number of aromatic amines is 1. The van der Waals surface area contributed by atoms with Crippen molar-refractivity contribution in [2.75, 3.05) is 11.5 Å². The lowest BCUT2D eigenvalue weighted by atomic mass is 10.2. The second kappa shape index (κ2) is 8.38. The maximum atomic E-state index is 12.8. The van der Waals surface area contributed by atoms with E-state index < -0.39 is 17.0 Å². The molecule has 0 saturated heterocycles. The molecule has 0 radical (unpaired) electrons. The van der Waals surface area contributed by atoms with Gasteiger partial charge in [-0.05, 0) is 33.1 Å². The summed E-state index contributed by atoms with van der Waals surface area (Å²) in [6, 6.07) is 0.415. The molecule has 152 valence electrons. The SMILES string of the molecule is CCCn1c(N)c(C(=O)CSc2nc(C)c(C)n2C2CCCC2)c(=O)[nH]c1=O. The molecule has 2 aromatic rings. The highest BCUT2D eigenvalue weighted by Crippen LogP contribution is 2.35. The fourth-order valence-electron chi connectivity index (χ4n) is 3.80. The van der Waals surface area contributed by atoms with Gasteiger partial charge >= 0.3 is 5.69 Å². The van der Waals surface area contributed by atoms with Crippen LogP contribution in [0.25, 0.3) is 0 Å². The quantitative estimate of drug-likeness (QED) is 0.540. The van der Waals surface area contributed by atoms with E-state index in [0.717, 1.165) is 29.4 Å². The molecule has 9 heteroatoms. The van der Waals surface area contributed by atoms with Crippen molar-refractivity contribution in [2.45, 2.75) is 70.6 Å². The third kappa shape index (κ3) is 3.80. The van der Waals surface area contributed by atoms with E-state index in [1.165, 1.54) is 29.2 Å². The van der Waals surface area contributed by atoms with E-state index in [1.807, 2.05) is 13.8 Å². The Hall–Kier alpha value is -2.29. The minimum Gasteiger partial charge on any atom is -0.384 e.